The molecule has 1 aliphatic rings. The van der Waals surface area contributed by atoms with Crippen molar-refractivity contribution in [1.29, 1.82) is 0 Å². The molecular formula is C80H124N12+4. The third-order valence-electron chi connectivity index (χ3n) is 19.6. The molecule has 500 valence electrons. The average Bonchev–Trinajstić information content (AvgIpc) is 1.62. The predicted molar refractivity (Wildman–Crippen MR) is 380 cm³/mol. The molecule has 0 unspecified atom stereocenters. The number of unbranched alkanes of at least 4 members (excludes halogenated alkanes) is 24. The number of hydrogen-bond donors (Lipinski definition) is 4. The van der Waals surface area contributed by atoms with Crippen LogP contribution in [0.4, 0.5) is 0 Å². The molecule has 9 rings (SSSR count). The van der Waals surface area contributed by atoms with Gasteiger partial charge in [-0.2, -0.15) is 18.7 Å². The molecule has 12 nitrogen and oxygen atoms in total. The Morgan fingerprint density at radius 3 is 0.652 bits per heavy atom. The van der Waals surface area contributed by atoms with Gasteiger partial charge in [-0.15, -0.1) is 18.7 Å². The Kier molecular flexibility index (Phi) is 28.3. The van der Waals surface area contributed by atoms with E-state index < -0.39 is 0 Å². The van der Waals surface area contributed by atoms with Crippen molar-refractivity contribution < 1.29 is 18.7 Å². The summed E-state index contributed by atoms with van der Waals surface area (Å²) in [7, 11) is 0. The van der Waals surface area contributed by atoms with Gasteiger partial charge in [-0.1, -0.05) is 184 Å². The topological polar surface area (TPSA) is 98.4 Å². The van der Waals surface area contributed by atoms with Crippen molar-refractivity contribution in [3.8, 4) is 0 Å². The standard InChI is InChI=1S/C80H124N12/c1-9-17-25-33-49-85-57-65(58-86(85)50-34-26-18-10-2)77-69-41-43-71(81-69)78(66-59-87(51-35-27-19-11-3)88(60-66)52-36-28-20-12-4)73-45-47-75(83-73)80(68-63-91(55-39-31-23-15-7)92(64-68)56-40-32-24-16-8)76-48-46-74(84-76)79(72-44-42-70(77)82-72)67-61-89(53-37-29-21-13-5)90(62-67)54-38-30-22-14-6/h41-48,57-64,81-84H,9-40,49-56H2,1-8H3/q+4. The van der Waals surface area contributed by atoms with Crippen molar-refractivity contribution in [2.24, 2.45) is 0 Å². The summed E-state index contributed by atoms with van der Waals surface area (Å²) in [6.07, 6.45) is 59.2. The molecule has 0 aliphatic carbocycles. The lowest BCUT2D eigenvalue weighted by molar-refractivity contribution is -0.776. The fourth-order valence-corrected chi connectivity index (χ4v) is 14.2. The van der Waals surface area contributed by atoms with Gasteiger partial charge in [-0.05, 0) is 99.9 Å². The molecule has 9 heterocycles. The van der Waals surface area contributed by atoms with E-state index in [2.05, 4.69) is 211 Å². The van der Waals surface area contributed by atoms with Gasteiger partial charge in [0.05, 0.1) is 73.2 Å². The Hall–Kier alpha value is -6.56. The Morgan fingerprint density at radius 1 is 0.239 bits per heavy atom. The van der Waals surface area contributed by atoms with Gasteiger partial charge in [-0.3, -0.25) is 0 Å². The van der Waals surface area contributed by atoms with Crippen molar-refractivity contribution in [2.45, 2.75) is 313 Å². The van der Waals surface area contributed by atoms with Crippen LogP contribution < -0.4 is 40.1 Å². The number of nitrogens with zero attached hydrogens (tertiary/aromatic N) is 8. The van der Waals surface area contributed by atoms with Gasteiger partial charge < -0.3 is 19.9 Å². The van der Waals surface area contributed by atoms with E-state index in [1.54, 1.807) is 0 Å². The van der Waals surface area contributed by atoms with Crippen molar-refractivity contribution in [3.63, 3.8) is 0 Å². The summed E-state index contributed by atoms with van der Waals surface area (Å²) in [4.78, 5) is 16.9. The highest BCUT2D eigenvalue weighted by Crippen LogP contribution is 2.29. The number of rotatable bonds is 44. The van der Waals surface area contributed by atoms with Gasteiger partial charge in [0, 0.05) is 92.1 Å². The molecule has 8 bridgehead atoms. The predicted octanol–water partition coefficient (Wildman–Crippen LogP) is 15.3. The van der Waals surface area contributed by atoms with Crippen LogP contribution in [0.3, 0.4) is 0 Å². The van der Waals surface area contributed by atoms with Gasteiger partial charge in [0.15, 0.2) is 26.2 Å². The first-order valence-corrected chi connectivity index (χ1v) is 38.0. The molecule has 1 aliphatic heterocycles. The molecule has 8 aromatic heterocycles. The van der Waals surface area contributed by atoms with Crippen LogP contribution in [0.2, 0.25) is 0 Å². The minimum atomic E-state index is 1.01. The molecule has 0 amide bonds. The second-order valence-corrected chi connectivity index (χ2v) is 27.3. The largest absolute Gasteiger partial charge is 0.354 e. The zero-order valence-electron chi connectivity index (χ0n) is 59.1. The minimum Gasteiger partial charge on any atom is -0.354 e. The highest BCUT2D eigenvalue weighted by molar-refractivity contribution is 5.84. The third kappa shape index (κ3) is 18.9. The van der Waals surface area contributed by atoms with Crippen LogP contribution in [0, 0.1) is 0 Å². The lowest BCUT2D eigenvalue weighted by atomic mass is 10.1. The Balaban J connectivity index is 1.34. The smallest absolute Gasteiger partial charge is 0.203 e. The Bertz CT molecular complexity index is 3110. The van der Waals surface area contributed by atoms with Crippen molar-refractivity contribution in [3.05, 3.63) is 165 Å². The van der Waals surface area contributed by atoms with Gasteiger partial charge in [-0.25, -0.2) is 0 Å². The fraction of sp³-hybridized carbons (Fsp3) is 0.600. The summed E-state index contributed by atoms with van der Waals surface area (Å²) >= 11 is 0. The highest BCUT2D eigenvalue weighted by atomic mass is 15.4. The number of nitrogens with one attached hydrogen (secondary N) is 4. The quantitative estimate of drug-likeness (QED) is 0.0216. The molecule has 0 saturated heterocycles. The number of hydrogen-bond acceptors (Lipinski definition) is 0. The molecule has 12 heteroatoms. The highest BCUT2D eigenvalue weighted by Gasteiger charge is 2.27. The van der Waals surface area contributed by atoms with Crippen LogP contribution in [0.1, 0.15) is 306 Å². The molecule has 0 atom stereocenters. The Labute approximate surface area is 554 Å². The second kappa shape index (κ2) is 37.4. The molecule has 0 fully saturated rings. The molecule has 0 radical (unpaired) electrons. The Morgan fingerprint density at radius 2 is 0.446 bits per heavy atom. The van der Waals surface area contributed by atoms with E-state index in [0.29, 0.717) is 0 Å². The number of aryl methyl sites for hydroxylation is 8. The summed E-state index contributed by atoms with van der Waals surface area (Å²) in [5.41, 5.74) is 14.2. The maximum absolute atomic E-state index is 4.23. The summed E-state index contributed by atoms with van der Waals surface area (Å²) < 4.78 is 20.3. The van der Waals surface area contributed by atoms with Crippen molar-refractivity contribution >= 4 is 22.3 Å². The normalized spacial score (nSPS) is 12.7. The number of aromatic amines is 4. The number of H-pyrrole nitrogens is 4. The van der Waals surface area contributed by atoms with Crippen molar-refractivity contribution in [1.82, 2.24) is 38.7 Å². The van der Waals surface area contributed by atoms with Gasteiger partial charge >= 0.3 is 0 Å². The molecule has 0 saturated carbocycles. The van der Waals surface area contributed by atoms with Crippen LogP contribution in [-0.2, 0) is 52.4 Å². The summed E-state index contributed by atoms with van der Waals surface area (Å²) in [5.74, 6) is 0. The van der Waals surface area contributed by atoms with Crippen LogP contribution in [0.15, 0.2) is 98.1 Å². The van der Waals surface area contributed by atoms with Crippen molar-refractivity contribution in [2.75, 3.05) is 0 Å². The average molecular weight is 1250 g/mol. The van der Waals surface area contributed by atoms with E-state index in [9.17, 15) is 0 Å². The molecule has 8 aromatic rings. The SMILES string of the molecule is CCCCCCn1cc(C2=c3ccc([nH]3)=C(c3cn(CCCCCC)[n+](CCCCCC)c3)c3ccc([nH]3)C(c3cn(CCCCCC)[n+](CCCCCC)c3)=c3ccc([nH]3)=C(c3cn(CCCCCC)[n+](CCCCCC)c3)c3ccc2[nH]3)c[n+]1CCCCCC. The number of fused-ring (bicyclic) bond motifs is 8. The van der Waals surface area contributed by atoms with E-state index in [1.165, 1.54) is 250 Å². The van der Waals surface area contributed by atoms with Crippen LogP contribution >= 0.6 is 0 Å². The van der Waals surface area contributed by atoms with Gasteiger partial charge in [0.2, 0.25) is 24.8 Å². The van der Waals surface area contributed by atoms with Gasteiger partial charge in [0.25, 0.3) is 0 Å². The van der Waals surface area contributed by atoms with E-state index in [4.69, 9.17) is 0 Å². The third-order valence-corrected chi connectivity index (χ3v) is 19.6. The molecule has 4 N–H and O–H groups in total. The van der Waals surface area contributed by atoms with E-state index in [-0.39, 0.29) is 0 Å². The zero-order valence-corrected chi connectivity index (χ0v) is 59.1. The number of aromatic nitrogens is 12. The zero-order chi connectivity index (χ0) is 64.3. The maximum atomic E-state index is 4.23. The van der Waals surface area contributed by atoms with E-state index >= 15 is 0 Å². The molecular weight excluding hydrogens is 1130 g/mol. The minimum absolute atomic E-state index is 1.01. The lowest BCUT2D eigenvalue weighted by Crippen LogP contribution is -2.42. The van der Waals surface area contributed by atoms with Crippen LogP contribution in [0.5, 0.6) is 0 Å². The molecule has 0 aromatic carbocycles. The van der Waals surface area contributed by atoms with E-state index in [1.807, 2.05) is 0 Å². The van der Waals surface area contributed by atoms with Gasteiger partial charge in [0.1, 0.15) is 0 Å². The monoisotopic (exact) mass is 1250 g/mol. The van der Waals surface area contributed by atoms with Crippen LogP contribution in [-0.4, -0.2) is 38.7 Å². The first-order valence-electron chi connectivity index (χ1n) is 38.0. The lowest BCUT2D eigenvalue weighted by Gasteiger charge is -2.05. The first-order chi connectivity index (χ1) is 45.3. The second-order valence-electron chi connectivity index (χ2n) is 27.3. The summed E-state index contributed by atoms with van der Waals surface area (Å²) in [5, 5.41) is 4.45. The molecule has 0 spiro atoms. The van der Waals surface area contributed by atoms with Crippen LogP contribution in [0.25, 0.3) is 22.3 Å². The maximum Gasteiger partial charge on any atom is 0.203 e. The first kappa shape index (κ1) is 69.8. The van der Waals surface area contributed by atoms with E-state index in [0.717, 1.165) is 96.5 Å². The summed E-state index contributed by atoms with van der Waals surface area (Å²) in [6.45, 7) is 26.7. The summed E-state index contributed by atoms with van der Waals surface area (Å²) in [6, 6.07) is 19.0. The molecule has 92 heavy (non-hydrogen) atoms. The fourth-order valence-electron chi connectivity index (χ4n) is 14.2.